The lowest BCUT2D eigenvalue weighted by Gasteiger charge is -2.04. The van der Waals surface area contributed by atoms with Gasteiger partial charge in [-0.15, -0.1) is 0 Å². The van der Waals surface area contributed by atoms with Crippen molar-refractivity contribution >= 4 is 12.2 Å². The zero-order valence-electron chi connectivity index (χ0n) is 6.59. The summed E-state index contributed by atoms with van der Waals surface area (Å²) in [4.78, 5) is 20.8. The summed E-state index contributed by atoms with van der Waals surface area (Å²) in [6.45, 7) is 2.07. The molecule has 0 aromatic heterocycles. The van der Waals surface area contributed by atoms with Gasteiger partial charge in [-0.2, -0.15) is 0 Å². The lowest BCUT2D eigenvalue weighted by Crippen LogP contribution is -2.33. The van der Waals surface area contributed by atoms with Crippen LogP contribution in [-0.2, 0) is 9.59 Å². The molecule has 1 atom stereocenters. The number of nitrogens with one attached hydrogen (secondary N) is 1. The molecular weight excluding hydrogens is 144 g/mol. The van der Waals surface area contributed by atoms with Gasteiger partial charge in [0.25, 0.3) is 0 Å². The van der Waals surface area contributed by atoms with Crippen LogP contribution in [0.3, 0.4) is 0 Å². The average molecular weight is 157 g/mol. The maximum absolute atomic E-state index is 10.8. The lowest BCUT2D eigenvalue weighted by molar-refractivity contribution is -0.121. The maximum atomic E-state index is 10.8. The summed E-state index contributed by atoms with van der Waals surface area (Å²) in [5.41, 5.74) is 5.18. The van der Waals surface area contributed by atoms with E-state index in [4.69, 9.17) is 5.73 Å². The number of hydrogen-bond acceptors (Lipinski definition) is 3. The molecule has 0 spiro atoms. The largest absolute Gasteiger partial charge is 0.346 e. The molecule has 0 saturated carbocycles. The van der Waals surface area contributed by atoms with Crippen LogP contribution in [0.2, 0.25) is 0 Å². The Morgan fingerprint density at radius 2 is 2.36 bits per heavy atom. The minimum absolute atomic E-state index is 0.147. The summed E-state index contributed by atoms with van der Waals surface area (Å²) in [5.74, 6) is -0.147. The van der Waals surface area contributed by atoms with Crippen molar-refractivity contribution in [2.24, 2.45) is 5.73 Å². The molecule has 0 aromatic rings. The molecule has 4 nitrogen and oxygen atoms in total. The second-order valence-electron chi connectivity index (χ2n) is 2.30. The van der Waals surface area contributed by atoms with Crippen molar-refractivity contribution < 1.29 is 9.59 Å². The summed E-state index contributed by atoms with van der Waals surface area (Å²) in [6, 6.07) is -0.514. The van der Waals surface area contributed by atoms with Crippen LogP contribution in [0.1, 0.15) is 19.8 Å². The molecular formula is C7H13N2O2. The SMILES string of the molecule is C[C@@H]([C]=O)NC(=O)CCCN. The molecule has 1 radical (unpaired) electrons. The van der Waals surface area contributed by atoms with Crippen LogP contribution in [0.25, 0.3) is 0 Å². The summed E-state index contributed by atoms with van der Waals surface area (Å²) >= 11 is 0. The van der Waals surface area contributed by atoms with Crippen molar-refractivity contribution in [3.8, 4) is 0 Å². The Balaban J connectivity index is 3.43. The predicted molar refractivity (Wildman–Crippen MR) is 41.6 cm³/mol. The van der Waals surface area contributed by atoms with Gasteiger partial charge in [0.1, 0.15) is 0 Å². The fourth-order valence-electron chi connectivity index (χ4n) is 0.606. The molecule has 3 N–H and O–H groups in total. The van der Waals surface area contributed by atoms with Crippen LogP contribution in [0.5, 0.6) is 0 Å². The lowest BCUT2D eigenvalue weighted by atomic mass is 10.3. The van der Waals surface area contributed by atoms with Crippen LogP contribution < -0.4 is 11.1 Å². The predicted octanol–water partition coefficient (Wildman–Crippen LogP) is -0.660. The van der Waals surface area contributed by atoms with Crippen molar-refractivity contribution in [3.63, 3.8) is 0 Å². The van der Waals surface area contributed by atoms with Gasteiger partial charge in [-0.25, -0.2) is 0 Å². The number of rotatable bonds is 5. The first-order valence-corrected chi connectivity index (χ1v) is 3.57. The Morgan fingerprint density at radius 1 is 1.73 bits per heavy atom. The molecule has 0 aliphatic rings. The molecule has 0 rings (SSSR count). The fourth-order valence-corrected chi connectivity index (χ4v) is 0.606. The monoisotopic (exact) mass is 157 g/mol. The van der Waals surface area contributed by atoms with Crippen molar-refractivity contribution in [2.45, 2.75) is 25.8 Å². The quantitative estimate of drug-likeness (QED) is 0.556. The Bertz CT molecular complexity index is 136. The highest BCUT2D eigenvalue weighted by molar-refractivity contribution is 5.79. The topological polar surface area (TPSA) is 72.2 Å². The summed E-state index contributed by atoms with van der Waals surface area (Å²) in [5, 5.41) is 2.45. The number of nitrogens with two attached hydrogens (primary N) is 1. The van der Waals surface area contributed by atoms with Crippen LogP contribution >= 0.6 is 0 Å². The van der Waals surface area contributed by atoms with E-state index in [1.54, 1.807) is 13.2 Å². The van der Waals surface area contributed by atoms with Crippen molar-refractivity contribution in [2.75, 3.05) is 6.54 Å². The van der Waals surface area contributed by atoms with E-state index < -0.39 is 6.04 Å². The van der Waals surface area contributed by atoms with E-state index in [9.17, 15) is 9.59 Å². The highest BCUT2D eigenvalue weighted by atomic mass is 16.2. The van der Waals surface area contributed by atoms with Crippen molar-refractivity contribution in [1.82, 2.24) is 5.32 Å². The minimum atomic E-state index is -0.514. The molecule has 0 saturated heterocycles. The van der Waals surface area contributed by atoms with E-state index >= 15 is 0 Å². The van der Waals surface area contributed by atoms with Gasteiger partial charge in [0.05, 0.1) is 6.04 Å². The third kappa shape index (κ3) is 5.54. The molecule has 0 aromatic carbocycles. The molecule has 0 unspecified atom stereocenters. The summed E-state index contributed by atoms with van der Waals surface area (Å²) < 4.78 is 0. The number of amides is 1. The molecule has 1 amide bonds. The zero-order valence-corrected chi connectivity index (χ0v) is 6.59. The van der Waals surface area contributed by atoms with Gasteiger partial charge in [0.15, 0.2) is 0 Å². The molecule has 0 fully saturated rings. The number of hydrogen-bond donors (Lipinski definition) is 2. The van der Waals surface area contributed by atoms with Crippen LogP contribution in [0.15, 0.2) is 0 Å². The normalized spacial score (nSPS) is 12.2. The summed E-state index contributed by atoms with van der Waals surface area (Å²) in [7, 11) is 0. The first-order valence-electron chi connectivity index (χ1n) is 3.57. The Hall–Kier alpha value is -0.900. The van der Waals surface area contributed by atoms with Crippen molar-refractivity contribution in [3.05, 3.63) is 0 Å². The zero-order chi connectivity index (χ0) is 8.69. The molecule has 63 valence electrons. The third-order valence-electron chi connectivity index (χ3n) is 1.16. The van der Waals surface area contributed by atoms with E-state index in [0.29, 0.717) is 19.4 Å². The van der Waals surface area contributed by atoms with E-state index in [0.717, 1.165) is 0 Å². The minimum Gasteiger partial charge on any atom is -0.346 e. The highest BCUT2D eigenvalue weighted by Gasteiger charge is 2.04. The van der Waals surface area contributed by atoms with Crippen molar-refractivity contribution in [1.29, 1.82) is 0 Å². The molecule has 0 heterocycles. The van der Waals surface area contributed by atoms with Gasteiger partial charge in [0.2, 0.25) is 12.2 Å². The molecule has 11 heavy (non-hydrogen) atoms. The second-order valence-corrected chi connectivity index (χ2v) is 2.30. The van der Waals surface area contributed by atoms with Gasteiger partial charge >= 0.3 is 0 Å². The maximum Gasteiger partial charge on any atom is 0.222 e. The Labute approximate surface area is 66.1 Å². The van der Waals surface area contributed by atoms with Gasteiger partial charge in [0, 0.05) is 6.42 Å². The second kappa shape index (κ2) is 5.85. The van der Waals surface area contributed by atoms with Gasteiger partial charge in [-0.05, 0) is 19.9 Å². The standard InChI is InChI=1S/C7H13N2O2/c1-6(5-10)9-7(11)3-2-4-8/h6H,2-4,8H2,1H3,(H,9,11)/t6-/m0/s1. The Kier molecular flexibility index (Phi) is 5.37. The van der Waals surface area contributed by atoms with Crippen LogP contribution in [0.4, 0.5) is 0 Å². The molecule has 4 heteroatoms. The average Bonchev–Trinajstić information content (AvgIpc) is 2.00. The smallest absolute Gasteiger partial charge is 0.222 e. The summed E-state index contributed by atoms with van der Waals surface area (Å²) in [6.07, 6.45) is 2.69. The van der Waals surface area contributed by atoms with E-state index in [-0.39, 0.29) is 5.91 Å². The van der Waals surface area contributed by atoms with Crippen LogP contribution in [0, 0.1) is 0 Å². The first-order chi connectivity index (χ1) is 5.20. The number of carbonyl (C=O) groups excluding carboxylic acids is 2. The number of carbonyl (C=O) groups is 1. The van der Waals surface area contributed by atoms with Gasteiger partial charge in [-0.3, -0.25) is 9.59 Å². The molecule has 0 aliphatic carbocycles. The van der Waals surface area contributed by atoms with Gasteiger partial charge in [-0.1, -0.05) is 0 Å². The van der Waals surface area contributed by atoms with E-state index in [2.05, 4.69) is 5.32 Å². The fraction of sp³-hybridized carbons (Fsp3) is 0.714. The first kappa shape index (κ1) is 10.1. The molecule has 0 bridgehead atoms. The van der Waals surface area contributed by atoms with Gasteiger partial charge < -0.3 is 11.1 Å². The Morgan fingerprint density at radius 3 is 2.82 bits per heavy atom. The van der Waals surface area contributed by atoms with E-state index in [1.807, 2.05) is 0 Å². The van der Waals surface area contributed by atoms with E-state index in [1.165, 1.54) is 0 Å². The van der Waals surface area contributed by atoms with Crippen LogP contribution in [-0.4, -0.2) is 24.8 Å². The highest BCUT2D eigenvalue weighted by Crippen LogP contribution is 1.86. The third-order valence-corrected chi connectivity index (χ3v) is 1.16. The molecule has 0 aliphatic heterocycles.